The van der Waals surface area contributed by atoms with Crippen molar-refractivity contribution in [2.75, 3.05) is 7.11 Å². The summed E-state index contributed by atoms with van der Waals surface area (Å²) in [4.78, 5) is 28.9. The fourth-order valence-electron chi connectivity index (χ4n) is 2.34. The smallest absolute Gasteiger partial charge is 0.325 e. The third-order valence-electron chi connectivity index (χ3n) is 3.51. The number of fused-ring (bicyclic) bond motifs is 1. The van der Waals surface area contributed by atoms with Crippen LogP contribution in [0.3, 0.4) is 0 Å². The molecule has 2 aromatic carbocycles. The lowest BCUT2D eigenvalue weighted by Crippen LogP contribution is -2.22. The lowest BCUT2D eigenvalue weighted by molar-refractivity contribution is -0.141. The van der Waals surface area contributed by atoms with Crippen LogP contribution >= 0.6 is 50.5 Å². The molecule has 26 heavy (non-hydrogen) atoms. The van der Waals surface area contributed by atoms with Crippen LogP contribution in [0, 0.1) is 0 Å². The van der Waals surface area contributed by atoms with Gasteiger partial charge in [-0.15, -0.1) is 0 Å². The van der Waals surface area contributed by atoms with Crippen LogP contribution in [0.2, 0.25) is 10.0 Å². The lowest BCUT2D eigenvalue weighted by Gasteiger charge is -2.05. The molecule has 0 unspecified atom stereocenters. The Balaban J connectivity index is 2.22. The molecule has 0 aliphatic heterocycles. The van der Waals surface area contributed by atoms with Crippen molar-refractivity contribution in [3.05, 3.63) is 61.3 Å². The van der Waals surface area contributed by atoms with Crippen LogP contribution in [0.25, 0.3) is 10.2 Å². The summed E-state index contributed by atoms with van der Waals surface area (Å²) < 4.78 is 7.64. The minimum Gasteiger partial charge on any atom is -0.468 e. The molecule has 0 atom stereocenters. The second kappa shape index (κ2) is 7.92. The molecule has 1 aromatic heterocycles. The highest BCUT2D eigenvalue weighted by atomic mass is 79.9. The molecule has 0 radical (unpaired) electrons. The van der Waals surface area contributed by atoms with Gasteiger partial charge in [-0.3, -0.25) is 9.59 Å². The predicted molar refractivity (Wildman–Crippen MR) is 106 cm³/mol. The van der Waals surface area contributed by atoms with E-state index in [4.69, 9.17) is 27.9 Å². The molecule has 1 amide bonds. The molecular formula is C17H11BrCl2N2O3S. The van der Waals surface area contributed by atoms with Gasteiger partial charge < -0.3 is 9.30 Å². The maximum absolute atomic E-state index is 12.6. The quantitative estimate of drug-likeness (QED) is 0.518. The number of hydrogen-bond donors (Lipinski definition) is 0. The van der Waals surface area contributed by atoms with Crippen molar-refractivity contribution in [1.29, 1.82) is 0 Å². The Kier molecular flexibility index (Phi) is 5.82. The topological polar surface area (TPSA) is 60.7 Å². The average Bonchev–Trinajstić information content (AvgIpc) is 2.92. The van der Waals surface area contributed by atoms with E-state index in [9.17, 15) is 9.59 Å². The van der Waals surface area contributed by atoms with Gasteiger partial charge in [-0.05, 0) is 40.2 Å². The predicted octanol–water partition coefficient (Wildman–Crippen LogP) is 4.69. The molecule has 0 saturated carbocycles. The van der Waals surface area contributed by atoms with Crippen molar-refractivity contribution in [2.45, 2.75) is 6.54 Å². The maximum Gasteiger partial charge on any atom is 0.325 e. The molecule has 134 valence electrons. The number of carbonyl (C=O) groups excluding carboxylic acids is 2. The van der Waals surface area contributed by atoms with Crippen LogP contribution in [0.15, 0.2) is 45.9 Å². The number of methoxy groups -OCH3 is 1. The summed E-state index contributed by atoms with van der Waals surface area (Å²) >= 11 is 16.9. The van der Waals surface area contributed by atoms with Gasteiger partial charge >= 0.3 is 5.97 Å². The van der Waals surface area contributed by atoms with Crippen molar-refractivity contribution in [3.63, 3.8) is 0 Å². The molecule has 9 heteroatoms. The number of ether oxygens (including phenoxy) is 1. The molecular weight excluding hydrogens is 463 g/mol. The fraction of sp³-hybridized carbons (Fsp3) is 0.118. The van der Waals surface area contributed by atoms with E-state index >= 15 is 0 Å². The number of nitrogens with zero attached hydrogens (tertiary/aromatic N) is 2. The summed E-state index contributed by atoms with van der Waals surface area (Å²) in [5.74, 6) is -0.921. The molecule has 5 nitrogen and oxygen atoms in total. The molecule has 1 heterocycles. The van der Waals surface area contributed by atoms with Crippen molar-refractivity contribution in [1.82, 2.24) is 4.57 Å². The SMILES string of the molecule is COC(=O)Cn1c(=NC(=O)c2ccccc2Br)sc2cc(Cl)cc(Cl)c21. The van der Waals surface area contributed by atoms with Gasteiger partial charge in [0.15, 0.2) is 4.80 Å². The number of rotatable bonds is 3. The van der Waals surface area contributed by atoms with Crippen LogP contribution in [0.1, 0.15) is 10.4 Å². The minimum absolute atomic E-state index is 0.125. The van der Waals surface area contributed by atoms with Gasteiger partial charge in [0, 0.05) is 9.50 Å². The zero-order valence-electron chi connectivity index (χ0n) is 13.3. The number of benzene rings is 2. The standard InChI is InChI=1S/C17H11BrCl2N2O3S/c1-25-14(23)8-22-15-12(20)6-9(19)7-13(15)26-17(22)21-16(24)10-4-2-3-5-11(10)18/h2-7H,8H2,1H3. The van der Waals surface area contributed by atoms with Crippen molar-refractivity contribution >= 4 is 72.6 Å². The molecule has 3 rings (SSSR count). The Morgan fingerprint density at radius 1 is 1.27 bits per heavy atom. The second-order valence-electron chi connectivity index (χ2n) is 5.18. The van der Waals surface area contributed by atoms with E-state index in [-0.39, 0.29) is 6.54 Å². The number of amides is 1. The Morgan fingerprint density at radius 2 is 2.00 bits per heavy atom. The maximum atomic E-state index is 12.6. The Bertz CT molecular complexity index is 1090. The minimum atomic E-state index is -0.481. The molecule has 0 aliphatic rings. The number of carbonyl (C=O) groups is 2. The van der Waals surface area contributed by atoms with Crippen LogP contribution in [0.5, 0.6) is 0 Å². The van der Waals surface area contributed by atoms with Crippen LogP contribution in [-0.4, -0.2) is 23.6 Å². The third kappa shape index (κ3) is 3.86. The van der Waals surface area contributed by atoms with Gasteiger partial charge in [-0.1, -0.05) is 46.7 Å². The summed E-state index contributed by atoms with van der Waals surface area (Å²) in [5, 5.41) is 0.820. The zero-order chi connectivity index (χ0) is 18.8. The van der Waals surface area contributed by atoms with Crippen molar-refractivity contribution in [2.24, 2.45) is 4.99 Å². The van der Waals surface area contributed by atoms with Gasteiger partial charge in [0.25, 0.3) is 5.91 Å². The summed E-state index contributed by atoms with van der Waals surface area (Å²) in [6, 6.07) is 10.3. The number of thiazole rings is 1. The van der Waals surface area contributed by atoms with E-state index in [0.29, 0.717) is 35.1 Å². The highest BCUT2D eigenvalue weighted by Gasteiger charge is 2.16. The van der Waals surface area contributed by atoms with Gasteiger partial charge in [0.1, 0.15) is 6.54 Å². The van der Waals surface area contributed by atoms with Crippen LogP contribution in [0.4, 0.5) is 0 Å². The number of halogens is 3. The van der Waals surface area contributed by atoms with Crippen molar-refractivity contribution < 1.29 is 14.3 Å². The van der Waals surface area contributed by atoms with E-state index in [1.54, 1.807) is 41.0 Å². The molecule has 0 spiro atoms. The van der Waals surface area contributed by atoms with Gasteiger partial charge in [0.2, 0.25) is 0 Å². The van der Waals surface area contributed by atoms with Crippen LogP contribution < -0.4 is 4.80 Å². The Morgan fingerprint density at radius 3 is 2.69 bits per heavy atom. The lowest BCUT2D eigenvalue weighted by atomic mass is 10.2. The number of hydrogen-bond acceptors (Lipinski definition) is 4. The highest BCUT2D eigenvalue weighted by Crippen LogP contribution is 2.30. The molecule has 0 fully saturated rings. The number of aromatic nitrogens is 1. The van der Waals surface area contributed by atoms with E-state index in [2.05, 4.69) is 20.9 Å². The van der Waals surface area contributed by atoms with Gasteiger partial charge in [0.05, 0.1) is 27.9 Å². The Hall–Kier alpha value is -1.67. The van der Waals surface area contributed by atoms with E-state index in [1.165, 1.54) is 18.4 Å². The first-order valence-electron chi connectivity index (χ1n) is 7.29. The molecule has 0 saturated heterocycles. The van der Waals surface area contributed by atoms with Crippen molar-refractivity contribution in [3.8, 4) is 0 Å². The third-order valence-corrected chi connectivity index (χ3v) is 5.73. The summed E-state index contributed by atoms with van der Waals surface area (Å²) in [6.07, 6.45) is 0. The fourth-order valence-corrected chi connectivity index (χ4v) is 4.60. The van der Waals surface area contributed by atoms with Gasteiger partial charge in [-0.25, -0.2) is 0 Å². The second-order valence-corrected chi connectivity index (χ2v) is 7.89. The Labute approximate surface area is 171 Å². The molecule has 0 bridgehead atoms. The molecule has 0 aliphatic carbocycles. The average molecular weight is 474 g/mol. The zero-order valence-corrected chi connectivity index (χ0v) is 17.2. The highest BCUT2D eigenvalue weighted by molar-refractivity contribution is 9.10. The first kappa shape index (κ1) is 19.1. The van der Waals surface area contributed by atoms with E-state index in [0.717, 1.165) is 0 Å². The van der Waals surface area contributed by atoms with E-state index in [1.807, 2.05) is 0 Å². The summed E-state index contributed by atoms with van der Waals surface area (Å²) in [5.41, 5.74) is 0.990. The first-order valence-corrected chi connectivity index (χ1v) is 9.66. The summed E-state index contributed by atoms with van der Waals surface area (Å²) in [7, 11) is 1.29. The van der Waals surface area contributed by atoms with Gasteiger partial charge in [-0.2, -0.15) is 4.99 Å². The molecule has 0 N–H and O–H groups in total. The number of esters is 1. The molecule has 3 aromatic rings. The van der Waals surface area contributed by atoms with Crippen LogP contribution in [-0.2, 0) is 16.1 Å². The van der Waals surface area contributed by atoms with E-state index < -0.39 is 11.9 Å². The largest absolute Gasteiger partial charge is 0.468 e. The summed E-state index contributed by atoms with van der Waals surface area (Å²) in [6.45, 7) is -0.125. The normalized spacial score (nSPS) is 11.8. The first-order chi connectivity index (χ1) is 12.4. The monoisotopic (exact) mass is 472 g/mol.